The highest BCUT2D eigenvalue weighted by molar-refractivity contribution is 8.00. The largest absolute Gasteiger partial charge is 0.383 e. The van der Waals surface area contributed by atoms with Gasteiger partial charge in [0.1, 0.15) is 11.6 Å². The second kappa shape index (κ2) is 5.27. The van der Waals surface area contributed by atoms with Gasteiger partial charge in [0.25, 0.3) is 0 Å². The van der Waals surface area contributed by atoms with Crippen molar-refractivity contribution in [3.05, 3.63) is 29.7 Å². The summed E-state index contributed by atoms with van der Waals surface area (Å²) in [6.07, 6.45) is 2.58. The minimum absolute atomic E-state index is 0.593. The molecule has 2 heterocycles. The van der Waals surface area contributed by atoms with E-state index >= 15 is 0 Å². The van der Waals surface area contributed by atoms with Crippen LogP contribution in [0.25, 0.3) is 0 Å². The number of thioether (sulfide) groups is 1. The van der Waals surface area contributed by atoms with E-state index in [1.54, 1.807) is 18.0 Å². The number of hydrogen-bond donors (Lipinski definition) is 1. The smallest absolute Gasteiger partial charge is 0.170 e. The van der Waals surface area contributed by atoms with Crippen molar-refractivity contribution in [2.75, 3.05) is 5.73 Å². The molecule has 0 atom stereocenters. The van der Waals surface area contributed by atoms with Crippen LogP contribution < -0.4 is 5.73 Å². The lowest BCUT2D eigenvalue weighted by atomic mass is 10.3. The number of nitrogens with two attached hydrogens (primary N) is 1. The molecule has 0 fully saturated rings. The Balaban J connectivity index is 1.99. The first-order valence-electron chi connectivity index (χ1n) is 4.94. The average molecular weight is 252 g/mol. The van der Waals surface area contributed by atoms with Crippen LogP contribution in [0.2, 0.25) is 0 Å². The lowest BCUT2D eigenvalue weighted by molar-refractivity contribution is 0.971. The minimum Gasteiger partial charge on any atom is -0.383 e. The van der Waals surface area contributed by atoms with Crippen LogP contribution in [0.5, 0.6) is 0 Å². The number of aromatic nitrogens is 3. The molecule has 4 nitrogen and oxygen atoms in total. The Morgan fingerprint density at radius 3 is 3.06 bits per heavy atom. The van der Waals surface area contributed by atoms with Gasteiger partial charge in [-0.15, -0.1) is 0 Å². The standard InChI is InChI=1S/C10H12N4S2/c1-2-8-13-10(16-14-8)15-6-7-4-3-5-12-9(7)11/h3-5H,2,6H2,1H3,(H2,11,12). The predicted octanol–water partition coefficient (Wildman–Crippen LogP) is 2.37. The van der Waals surface area contributed by atoms with E-state index in [4.69, 9.17) is 5.73 Å². The number of nitrogen functional groups attached to an aromatic ring is 1. The normalized spacial score (nSPS) is 10.6. The zero-order chi connectivity index (χ0) is 11.4. The molecular formula is C10H12N4S2. The van der Waals surface area contributed by atoms with Crippen molar-refractivity contribution >= 4 is 29.1 Å². The average Bonchev–Trinajstić information content (AvgIpc) is 2.76. The van der Waals surface area contributed by atoms with Gasteiger partial charge in [0.05, 0.1) is 0 Å². The Bertz CT molecular complexity index is 469. The van der Waals surface area contributed by atoms with E-state index in [0.717, 1.165) is 27.9 Å². The van der Waals surface area contributed by atoms with E-state index in [1.807, 2.05) is 12.1 Å². The van der Waals surface area contributed by atoms with E-state index < -0.39 is 0 Å². The Kier molecular flexibility index (Phi) is 3.74. The first kappa shape index (κ1) is 11.3. The van der Waals surface area contributed by atoms with Crippen LogP contribution in [0.3, 0.4) is 0 Å². The van der Waals surface area contributed by atoms with Gasteiger partial charge in [-0.05, 0) is 17.6 Å². The van der Waals surface area contributed by atoms with Crippen molar-refractivity contribution in [3.63, 3.8) is 0 Å². The summed E-state index contributed by atoms with van der Waals surface area (Å²) in [6.45, 7) is 2.05. The molecule has 0 spiro atoms. The summed E-state index contributed by atoms with van der Waals surface area (Å²) < 4.78 is 5.22. The molecule has 2 aromatic rings. The van der Waals surface area contributed by atoms with Gasteiger partial charge in [-0.3, -0.25) is 0 Å². The molecule has 0 aliphatic heterocycles. The lowest BCUT2D eigenvalue weighted by Crippen LogP contribution is -1.95. The third-order valence-corrected chi connectivity index (χ3v) is 3.96. The maximum atomic E-state index is 5.76. The topological polar surface area (TPSA) is 64.7 Å². The number of nitrogens with zero attached hydrogens (tertiary/aromatic N) is 3. The SMILES string of the molecule is CCc1nsc(SCc2cccnc2N)n1. The maximum absolute atomic E-state index is 5.76. The van der Waals surface area contributed by atoms with Crippen molar-refractivity contribution in [1.82, 2.24) is 14.3 Å². The summed E-state index contributed by atoms with van der Waals surface area (Å²) in [6, 6.07) is 3.88. The molecular weight excluding hydrogens is 240 g/mol. The van der Waals surface area contributed by atoms with E-state index in [9.17, 15) is 0 Å². The third-order valence-electron chi connectivity index (χ3n) is 2.04. The second-order valence-electron chi connectivity index (χ2n) is 3.17. The number of pyridine rings is 1. The monoisotopic (exact) mass is 252 g/mol. The fourth-order valence-corrected chi connectivity index (χ4v) is 2.84. The Labute approximate surface area is 102 Å². The molecule has 2 N–H and O–H groups in total. The quantitative estimate of drug-likeness (QED) is 0.846. The van der Waals surface area contributed by atoms with Crippen molar-refractivity contribution < 1.29 is 0 Å². The van der Waals surface area contributed by atoms with Gasteiger partial charge in [0.15, 0.2) is 4.34 Å². The number of aryl methyl sites for hydroxylation is 1. The van der Waals surface area contributed by atoms with E-state index in [1.165, 1.54) is 11.5 Å². The summed E-state index contributed by atoms with van der Waals surface area (Å²) in [5, 5.41) is 0. The first-order valence-corrected chi connectivity index (χ1v) is 6.70. The van der Waals surface area contributed by atoms with Gasteiger partial charge < -0.3 is 5.73 Å². The third kappa shape index (κ3) is 2.70. The highest BCUT2D eigenvalue weighted by atomic mass is 32.2. The summed E-state index contributed by atoms with van der Waals surface area (Å²) in [5.74, 6) is 2.29. The highest BCUT2D eigenvalue weighted by Gasteiger charge is 2.05. The van der Waals surface area contributed by atoms with E-state index in [0.29, 0.717) is 5.82 Å². The Hall–Kier alpha value is -1.14. The van der Waals surface area contributed by atoms with Gasteiger partial charge in [-0.2, -0.15) is 4.37 Å². The molecule has 0 unspecified atom stereocenters. The summed E-state index contributed by atoms with van der Waals surface area (Å²) in [4.78, 5) is 8.43. The molecule has 0 bridgehead atoms. The molecule has 84 valence electrons. The Morgan fingerprint density at radius 2 is 2.38 bits per heavy atom. The second-order valence-corrected chi connectivity index (χ2v) is 5.14. The van der Waals surface area contributed by atoms with Crippen molar-refractivity contribution in [3.8, 4) is 0 Å². The van der Waals surface area contributed by atoms with Crippen molar-refractivity contribution in [2.45, 2.75) is 23.4 Å². The molecule has 0 saturated heterocycles. The fraction of sp³-hybridized carbons (Fsp3) is 0.300. The van der Waals surface area contributed by atoms with E-state index in [2.05, 4.69) is 21.3 Å². The van der Waals surface area contributed by atoms with Crippen LogP contribution in [0.4, 0.5) is 5.82 Å². The van der Waals surface area contributed by atoms with Crippen LogP contribution in [-0.4, -0.2) is 14.3 Å². The van der Waals surface area contributed by atoms with Crippen molar-refractivity contribution in [1.29, 1.82) is 0 Å². The zero-order valence-corrected chi connectivity index (χ0v) is 10.5. The van der Waals surface area contributed by atoms with Gasteiger partial charge in [-0.25, -0.2) is 9.97 Å². The molecule has 0 aliphatic rings. The summed E-state index contributed by atoms with van der Waals surface area (Å²) in [7, 11) is 0. The Morgan fingerprint density at radius 1 is 1.50 bits per heavy atom. The van der Waals surface area contributed by atoms with Gasteiger partial charge in [-0.1, -0.05) is 24.8 Å². The highest BCUT2D eigenvalue weighted by Crippen LogP contribution is 2.25. The molecule has 0 radical (unpaired) electrons. The molecule has 0 saturated carbocycles. The van der Waals surface area contributed by atoms with Gasteiger partial charge in [0.2, 0.25) is 0 Å². The van der Waals surface area contributed by atoms with Gasteiger partial charge >= 0.3 is 0 Å². The number of anilines is 1. The maximum Gasteiger partial charge on any atom is 0.170 e. The molecule has 16 heavy (non-hydrogen) atoms. The minimum atomic E-state index is 0.593. The van der Waals surface area contributed by atoms with Crippen LogP contribution in [0.1, 0.15) is 18.3 Å². The molecule has 0 aromatic carbocycles. The van der Waals surface area contributed by atoms with Crippen LogP contribution in [-0.2, 0) is 12.2 Å². The van der Waals surface area contributed by atoms with Crippen LogP contribution >= 0.6 is 23.3 Å². The van der Waals surface area contributed by atoms with Crippen molar-refractivity contribution in [2.24, 2.45) is 0 Å². The zero-order valence-electron chi connectivity index (χ0n) is 8.88. The predicted molar refractivity (Wildman–Crippen MR) is 67.5 cm³/mol. The van der Waals surface area contributed by atoms with Crippen LogP contribution in [0, 0.1) is 0 Å². The molecule has 2 rings (SSSR count). The first-order chi connectivity index (χ1) is 7.79. The summed E-state index contributed by atoms with van der Waals surface area (Å²) in [5.41, 5.74) is 6.80. The molecule has 0 amide bonds. The molecule has 6 heteroatoms. The lowest BCUT2D eigenvalue weighted by Gasteiger charge is -2.01. The van der Waals surface area contributed by atoms with Gasteiger partial charge in [0, 0.05) is 23.9 Å². The molecule has 2 aromatic heterocycles. The van der Waals surface area contributed by atoms with E-state index in [-0.39, 0.29) is 0 Å². The fourth-order valence-electron chi connectivity index (χ4n) is 1.15. The molecule has 0 aliphatic carbocycles. The summed E-state index contributed by atoms with van der Waals surface area (Å²) >= 11 is 3.09. The van der Waals surface area contributed by atoms with Crippen LogP contribution in [0.15, 0.2) is 22.7 Å². The number of rotatable bonds is 4. The number of hydrogen-bond acceptors (Lipinski definition) is 6.